The summed E-state index contributed by atoms with van der Waals surface area (Å²) < 4.78 is 1.11. The van der Waals surface area contributed by atoms with Crippen LogP contribution in [0.1, 0.15) is 18.7 Å². The normalized spacial score (nSPS) is 11.2. The van der Waals surface area contributed by atoms with Crippen LogP contribution in [0.2, 0.25) is 0 Å². The molecule has 1 rings (SSSR count). The number of likely N-dealkylation sites (N-methyl/N-ethyl adjacent to an activating group) is 1. The minimum atomic E-state index is 0.0943. The van der Waals surface area contributed by atoms with E-state index in [9.17, 15) is 4.79 Å². The molecule has 0 spiro atoms. The first-order chi connectivity index (χ1) is 7.97. The second kappa shape index (κ2) is 7.13. The predicted molar refractivity (Wildman–Crippen MR) is 76.2 cm³/mol. The van der Waals surface area contributed by atoms with Crippen LogP contribution in [0.3, 0.4) is 0 Å². The zero-order valence-electron chi connectivity index (χ0n) is 10.5. The van der Waals surface area contributed by atoms with Crippen molar-refractivity contribution in [3.05, 3.63) is 20.8 Å². The Bertz CT molecular complexity index is 365. The van der Waals surface area contributed by atoms with E-state index >= 15 is 0 Å². The van der Waals surface area contributed by atoms with Crippen LogP contribution in [0.4, 0.5) is 0 Å². The van der Waals surface area contributed by atoms with Gasteiger partial charge in [-0.3, -0.25) is 9.69 Å². The van der Waals surface area contributed by atoms with Gasteiger partial charge in [-0.2, -0.15) is 0 Å². The molecule has 0 aromatic carbocycles. The Kier molecular flexibility index (Phi) is 6.16. The summed E-state index contributed by atoms with van der Waals surface area (Å²) in [6, 6.07) is 2.09. The smallest absolute Gasteiger partial charge is 0.234 e. The number of nitrogens with one attached hydrogen (secondary N) is 1. The SMILES string of the molecule is CC(C)CNC(=O)CN(C)Cc1cc(Br)cs1. The second-order valence-electron chi connectivity index (χ2n) is 4.60. The van der Waals surface area contributed by atoms with Gasteiger partial charge in [0.2, 0.25) is 5.91 Å². The molecule has 0 fully saturated rings. The van der Waals surface area contributed by atoms with E-state index in [1.54, 1.807) is 11.3 Å². The third-order valence-electron chi connectivity index (χ3n) is 2.17. The van der Waals surface area contributed by atoms with Gasteiger partial charge in [0.1, 0.15) is 0 Å². The van der Waals surface area contributed by atoms with Crippen LogP contribution in [0.15, 0.2) is 15.9 Å². The Morgan fingerprint density at radius 3 is 2.82 bits per heavy atom. The third kappa shape index (κ3) is 6.19. The third-order valence-corrected chi connectivity index (χ3v) is 3.85. The van der Waals surface area contributed by atoms with E-state index in [4.69, 9.17) is 0 Å². The standard InChI is InChI=1S/C12H19BrN2OS/c1-9(2)5-14-12(16)7-15(3)6-11-4-10(13)8-17-11/h4,8-9H,5-7H2,1-3H3,(H,14,16). The topological polar surface area (TPSA) is 32.3 Å². The molecule has 3 nitrogen and oxygen atoms in total. The molecule has 1 aromatic rings. The summed E-state index contributed by atoms with van der Waals surface area (Å²) in [4.78, 5) is 14.9. The predicted octanol–water partition coefficient (Wildman–Crippen LogP) is 2.71. The highest BCUT2D eigenvalue weighted by atomic mass is 79.9. The van der Waals surface area contributed by atoms with Gasteiger partial charge in [-0.1, -0.05) is 13.8 Å². The van der Waals surface area contributed by atoms with E-state index in [0.29, 0.717) is 12.5 Å². The maximum atomic E-state index is 11.6. The van der Waals surface area contributed by atoms with Crippen molar-refractivity contribution in [3.8, 4) is 0 Å². The highest BCUT2D eigenvalue weighted by Gasteiger charge is 2.08. The van der Waals surface area contributed by atoms with Crippen LogP contribution in [0, 0.1) is 5.92 Å². The average Bonchev–Trinajstić information content (AvgIpc) is 2.60. The van der Waals surface area contributed by atoms with E-state index in [2.05, 4.69) is 46.5 Å². The number of hydrogen-bond acceptors (Lipinski definition) is 3. The monoisotopic (exact) mass is 318 g/mol. The fourth-order valence-electron chi connectivity index (χ4n) is 1.38. The lowest BCUT2D eigenvalue weighted by molar-refractivity contribution is -0.122. The Hall–Kier alpha value is -0.390. The number of rotatable bonds is 6. The molecule has 96 valence electrons. The van der Waals surface area contributed by atoms with Crippen LogP contribution in [-0.2, 0) is 11.3 Å². The van der Waals surface area contributed by atoms with E-state index in [1.807, 2.05) is 11.9 Å². The van der Waals surface area contributed by atoms with Gasteiger partial charge in [0.05, 0.1) is 6.54 Å². The molecular weight excluding hydrogens is 300 g/mol. The van der Waals surface area contributed by atoms with E-state index in [1.165, 1.54) is 4.88 Å². The number of halogens is 1. The highest BCUT2D eigenvalue weighted by molar-refractivity contribution is 9.10. The Morgan fingerprint density at radius 2 is 2.29 bits per heavy atom. The fourth-order valence-corrected chi connectivity index (χ4v) is 2.91. The van der Waals surface area contributed by atoms with Crippen molar-refractivity contribution >= 4 is 33.2 Å². The Morgan fingerprint density at radius 1 is 1.59 bits per heavy atom. The van der Waals surface area contributed by atoms with Crippen molar-refractivity contribution in [3.63, 3.8) is 0 Å². The molecule has 0 aliphatic heterocycles. The first-order valence-electron chi connectivity index (χ1n) is 5.65. The molecule has 1 N–H and O–H groups in total. The number of carbonyl (C=O) groups is 1. The van der Waals surface area contributed by atoms with Gasteiger partial charge in [-0.25, -0.2) is 0 Å². The zero-order chi connectivity index (χ0) is 12.8. The van der Waals surface area contributed by atoms with Crippen LogP contribution in [0.25, 0.3) is 0 Å². The molecule has 17 heavy (non-hydrogen) atoms. The Labute approximate surface area is 115 Å². The molecule has 0 bridgehead atoms. The summed E-state index contributed by atoms with van der Waals surface area (Å²) in [7, 11) is 1.96. The second-order valence-corrected chi connectivity index (χ2v) is 6.51. The highest BCUT2D eigenvalue weighted by Crippen LogP contribution is 2.20. The van der Waals surface area contributed by atoms with E-state index < -0.39 is 0 Å². The number of nitrogens with zero attached hydrogens (tertiary/aromatic N) is 1. The Balaban J connectivity index is 2.29. The van der Waals surface area contributed by atoms with Gasteiger partial charge in [-0.05, 0) is 35.0 Å². The van der Waals surface area contributed by atoms with E-state index in [0.717, 1.165) is 17.6 Å². The first-order valence-corrected chi connectivity index (χ1v) is 7.32. The van der Waals surface area contributed by atoms with Gasteiger partial charge in [0, 0.05) is 27.8 Å². The molecule has 1 aromatic heterocycles. The molecule has 0 saturated carbocycles. The summed E-state index contributed by atoms with van der Waals surface area (Å²) in [5, 5.41) is 4.98. The minimum absolute atomic E-state index is 0.0943. The van der Waals surface area contributed by atoms with Gasteiger partial charge in [0.15, 0.2) is 0 Å². The lowest BCUT2D eigenvalue weighted by Gasteiger charge is -2.15. The maximum Gasteiger partial charge on any atom is 0.234 e. The largest absolute Gasteiger partial charge is 0.355 e. The van der Waals surface area contributed by atoms with Crippen LogP contribution >= 0.6 is 27.3 Å². The summed E-state index contributed by atoms with van der Waals surface area (Å²) in [5.74, 6) is 0.592. The summed E-state index contributed by atoms with van der Waals surface area (Å²) >= 11 is 5.13. The average molecular weight is 319 g/mol. The van der Waals surface area contributed by atoms with Gasteiger partial charge < -0.3 is 5.32 Å². The molecule has 1 heterocycles. The first kappa shape index (κ1) is 14.7. The maximum absolute atomic E-state index is 11.6. The van der Waals surface area contributed by atoms with E-state index in [-0.39, 0.29) is 5.91 Å². The summed E-state index contributed by atoms with van der Waals surface area (Å²) in [5.41, 5.74) is 0. The summed E-state index contributed by atoms with van der Waals surface area (Å²) in [6.45, 7) is 6.19. The van der Waals surface area contributed by atoms with Crippen molar-refractivity contribution in [2.75, 3.05) is 20.1 Å². The van der Waals surface area contributed by atoms with Crippen molar-refractivity contribution < 1.29 is 4.79 Å². The molecule has 0 aliphatic rings. The number of carbonyl (C=O) groups excluding carboxylic acids is 1. The number of hydrogen-bond donors (Lipinski definition) is 1. The zero-order valence-corrected chi connectivity index (χ0v) is 12.9. The van der Waals surface area contributed by atoms with Crippen LogP contribution < -0.4 is 5.32 Å². The lowest BCUT2D eigenvalue weighted by Crippen LogP contribution is -2.36. The molecule has 0 aliphatic carbocycles. The lowest BCUT2D eigenvalue weighted by atomic mass is 10.2. The van der Waals surface area contributed by atoms with Crippen molar-refractivity contribution in [1.29, 1.82) is 0 Å². The molecule has 5 heteroatoms. The molecule has 0 radical (unpaired) electrons. The van der Waals surface area contributed by atoms with Gasteiger partial charge in [-0.15, -0.1) is 11.3 Å². The van der Waals surface area contributed by atoms with Crippen molar-refractivity contribution in [2.24, 2.45) is 5.92 Å². The van der Waals surface area contributed by atoms with Crippen molar-refractivity contribution in [1.82, 2.24) is 10.2 Å². The number of thiophene rings is 1. The van der Waals surface area contributed by atoms with Crippen LogP contribution in [0.5, 0.6) is 0 Å². The summed E-state index contributed by atoms with van der Waals surface area (Å²) in [6.07, 6.45) is 0. The molecule has 0 unspecified atom stereocenters. The number of amides is 1. The molecule has 0 atom stereocenters. The van der Waals surface area contributed by atoms with Crippen LogP contribution in [-0.4, -0.2) is 30.9 Å². The molecule has 0 saturated heterocycles. The molecule has 1 amide bonds. The van der Waals surface area contributed by atoms with Gasteiger partial charge in [0.25, 0.3) is 0 Å². The van der Waals surface area contributed by atoms with Gasteiger partial charge >= 0.3 is 0 Å². The van der Waals surface area contributed by atoms with Crippen molar-refractivity contribution in [2.45, 2.75) is 20.4 Å². The quantitative estimate of drug-likeness (QED) is 0.874. The minimum Gasteiger partial charge on any atom is -0.355 e. The fraction of sp³-hybridized carbons (Fsp3) is 0.583. The molecular formula is C12H19BrN2OS.